The smallest absolute Gasteiger partial charge is 0.307 e. The summed E-state index contributed by atoms with van der Waals surface area (Å²) in [6, 6.07) is -0.218. The third-order valence-electron chi connectivity index (χ3n) is 1.80. The van der Waals surface area contributed by atoms with E-state index in [-0.39, 0.29) is 32.5 Å². The van der Waals surface area contributed by atoms with Crippen LogP contribution in [0.25, 0.3) is 0 Å². The summed E-state index contributed by atoms with van der Waals surface area (Å²) < 4.78 is 5.15. The summed E-state index contributed by atoms with van der Waals surface area (Å²) in [6.45, 7) is 5.36. The summed E-state index contributed by atoms with van der Waals surface area (Å²) in [4.78, 5) is 21.7. The number of carbonyl (C=O) groups excluding carboxylic acids is 2. The molecule has 0 fully saturated rings. The van der Waals surface area contributed by atoms with Crippen LogP contribution in [0.15, 0.2) is 0 Å². The fraction of sp³-hybridized carbons (Fsp3) is 0.800. The number of carbonyl (C=O) groups is 2. The van der Waals surface area contributed by atoms with Gasteiger partial charge in [0, 0.05) is 12.6 Å². The zero-order chi connectivity index (χ0) is 12.6. The van der Waals surface area contributed by atoms with Gasteiger partial charge in [0.25, 0.3) is 7.41 Å². The number of esters is 1. The Morgan fingerprint density at radius 1 is 1.56 bits per heavy atom. The van der Waals surface area contributed by atoms with E-state index >= 15 is 0 Å². The maximum atomic E-state index is 11.5. The Morgan fingerprint density at radius 2 is 2.19 bits per heavy atom. The normalized spacial score (nSPS) is 13.0. The first kappa shape index (κ1) is 15.1. The zero-order valence-corrected chi connectivity index (χ0v) is 10.2. The Morgan fingerprint density at radius 3 is 2.62 bits per heavy atom. The molecule has 5 nitrogen and oxygen atoms in total. The molecule has 0 aliphatic rings. The molecule has 0 aromatic carbocycles. The highest BCUT2D eigenvalue weighted by Crippen LogP contribution is 2.10. The standard InChI is InChI=1S/C10H20BNO4/c1-10(2,3)16-9(15)6-8(4-5-13)12-11-7-14/h7-8,11-13H,4-6H2,1-3H3/t8-/m0/s1. The van der Waals surface area contributed by atoms with E-state index in [1.165, 1.54) is 0 Å². The van der Waals surface area contributed by atoms with Gasteiger partial charge in [-0.25, -0.2) is 0 Å². The van der Waals surface area contributed by atoms with Gasteiger partial charge in [-0.2, -0.15) is 0 Å². The van der Waals surface area contributed by atoms with Crippen LogP contribution in [0, 0.1) is 0 Å². The van der Waals surface area contributed by atoms with Crippen molar-refractivity contribution in [3.8, 4) is 0 Å². The van der Waals surface area contributed by atoms with Crippen molar-refractivity contribution in [3.05, 3.63) is 0 Å². The van der Waals surface area contributed by atoms with Crippen LogP contribution in [0.4, 0.5) is 0 Å². The largest absolute Gasteiger partial charge is 0.460 e. The van der Waals surface area contributed by atoms with Crippen LogP contribution in [0.2, 0.25) is 0 Å². The van der Waals surface area contributed by atoms with Crippen LogP contribution in [0.3, 0.4) is 0 Å². The molecule has 92 valence electrons. The van der Waals surface area contributed by atoms with E-state index in [4.69, 9.17) is 9.84 Å². The highest BCUT2D eigenvalue weighted by molar-refractivity contribution is 6.64. The van der Waals surface area contributed by atoms with Gasteiger partial charge in [0.15, 0.2) is 0 Å². The van der Waals surface area contributed by atoms with E-state index in [0.717, 1.165) is 6.19 Å². The lowest BCUT2D eigenvalue weighted by Gasteiger charge is -2.22. The highest BCUT2D eigenvalue weighted by Gasteiger charge is 2.19. The molecule has 0 rings (SSSR count). The maximum absolute atomic E-state index is 11.5. The van der Waals surface area contributed by atoms with E-state index in [2.05, 4.69) is 5.23 Å². The predicted octanol–water partition coefficient (Wildman–Crippen LogP) is -0.399. The minimum atomic E-state index is -0.508. The lowest BCUT2D eigenvalue weighted by Crippen LogP contribution is -2.37. The van der Waals surface area contributed by atoms with Gasteiger partial charge < -0.3 is 19.9 Å². The molecule has 0 bridgehead atoms. The molecular formula is C10H20BNO4. The van der Waals surface area contributed by atoms with Crippen molar-refractivity contribution in [1.29, 1.82) is 0 Å². The Balaban J connectivity index is 4.06. The second-order valence-electron chi connectivity index (χ2n) is 4.57. The number of nitrogens with one attached hydrogen (secondary N) is 1. The van der Waals surface area contributed by atoms with Crippen LogP contribution in [0.1, 0.15) is 33.6 Å². The molecule has 1 atom stereocenters. The molecule has 0 amide bonds. The van der Waals surface area contributed by atoms with Gasteiger partial charge >= 0.3 is 5.97 Å². The average molecular weight is 229 g/mol. The fourth-order valence-corrected chi connectivity index (χ4v) is 1.23. The third-order valence-corrected chi connectivity index (χ3v) is 1.80. The summed E-state index contributed by atoms with van der Waals surface area (Å²) in [5, 5.41) is 11.7. The number of ether oxygens (including phenoxy) is 1. The van der Waals surface area contributed by atoms with Gasteiger partial charge in [0.1, 0.15) is 5.60 Å². The summed E-state index contributed by atoms with van der Waals surface area (Å²) in [5.41, 5.74) is -0.508. The van der Waals surface area contributed by atoms with Crippen LogP contribution in [0.5, 0.6) is 0 Å². The van der Waals surface area contributed by atoms with E-state index < -0.39 is 5.60 Å². The van der Waals surface area contributed by atoms with E-state index in [0.29, 0.717) is 6.42 Å². The average Bonchev–Trinajstić information content (AvgIpc) is 2.11. The van der Waals surface area contributed by atoms with Gasteiger partial charge in [-0.1, -0.05) is 0 Å². The van der Waals surface area contributed by atoms with E-state index in [9.17, 15) is 9.59 Å². The quantitative estimate of drug-likeness (QED) is 0.353. The molecule has 6 heteroatoms. The topological polar surface area (TPSA) is 75.6 Å². The van der Waals surface area contributed by atoms with Crippen molar-refractivity contribution in [1.82, 2.24) is 5.23 Å². The number of hydrogen-bond donors (Lipinski definition) is 2. The Labute approximate surface area is 96.8 Å². The molecule has 0 heterocycles. The zero-order valence-electron chi connectivity index (χ0n) is 10.2. The molecule has 0 aromatic heterocycles. The van der Waals surface area contributed by atoms with Crippen molar-refractivity contribution in [2.24, 2.45) is 0 Å². The summed E-state index contributed by atoms with van der Waals surface area (Å²) in [6.07, 6.45) is 1.30. The van der Waals surface area contributed by atoms with Crippen molar-refractivity contribution in [3.63, 3.8) is 0 Å². The van der Waals surface area contributed by atoms with Crippen LogP contribution >= 0.6 is 0 Å². The van der Waals surface area contributed by atoms with Crippen LogP contribution in [-0.2, 0) is 14.3 Å². The molecule has 0 aromatic rings. The van der Waals surface area contributed by atoms with Gasteiger partial charge in [-0.15, -0.1) is 0 Å². The van der Waals surface area contributed by atoms with Gasteiger partial charge in [0.05, 0.1) is 12.6 Å². The minimum absolute atomic E-state index is 0.0285. The van der Waals surface area contributed by atoms with E-state index in [1.54, 1.807) is 20.8 Å². The van der Waals surface area contributed by atoms with Gasteiger partial charge in [-0.05, 0) is 27.2 Å². The molecule has 2 N–H and O–H groups in total. The van der Waals surface area contributed by atoms with Crippen molar-refractivity contribution in [2.45, 2.75) is 45.3 Å². The molecule has 0 saturated heterocycles. The molecule has 0 aliphatic carbocycles. The second-order valence-corrected chi connectivity index (χ2v) is 4.57. The molecule has 0 aliphatic heterocycles. The fourth-order valence-electron chi connectivity index (χ4n) is 1.23. The SMILES string of the molecule is CC(C)(C)OC(=O)C[C@H](CCO)NBC=O. The summed E-state index contributed by atoms with van der Waals surface area (Å²) in [7, 11) is 0.174. The first-order valence-electron chi connectivity index (χ1n) is 5.38. The lowest BCUT2D eigenvalue weighted by atomic mass is 9.94. The van der Waals surface area contributed by atoms with Crippen molar-refractivity contribution >= 4 is 19.6 Å². The maximum Gasteiger partial charge on any atom is 0.307 e. The van der Waals surface area contributed by atoms with Crippen molar-refractivity contribution in [2.75, 3.05) is 6.61 Å². The first-order valence-corrected chi connectivity index (χ1v) is 5.38. The third kappa shape index (κ3) is 8.43. The monoisotopic (exact) mass is 229 g/mol. The van der Waals surface area contributed by atoms with Crippen molar-refractivity contribution < 1.29 is 19.4 Å². The van der Waals surface area contributed by atoms with Gasteiger partial charge in [-0.3, -0.25) is 4.79 Å². The van der Waals surface area contributed by atoms with Gasteiger partial charge in [0.2, 0.25) is 0 Å². The molecule has 0 radical (unpaired) electrons. The molecule has 16 heavy (non-hydrogen) atoms. The number of rotatable bonds is 7. The van der Waals surface area contributed by atoms with Crippen LogP contribution in [-0.4, -0.2) is 42.9 Å². The predicted molar refractivity (Wildman–Crippen MR) is 63.0 cm³/mol. The second kappa shape index (κ2) is 7.41. The Hall–Kier alpha value is -0.875. The molecular weight excluding hydrogens is 209 g/mol. The number of aliphatic hydroxyl groups is 1. The Kier molecular flexibility index (Phi) is 7.00. The highest BCUT2D eigenvalue weighted by atomic mass is 16.6. The minimum Gasteiger partial charge on any atom is -0.460 e. The summed E-state index contributed by atoms with van der Waals surface area (Å²) in [5.74, 6) is -0.329. The molecule has 0 unspecified atom stereocenters. The molecule has 0 saturated carbocycles. The lowest BCUT2D eigenvalue weighted by molar-refractivity contribution is -0.155. The number of hydrogen-bond acceptors (Lipinski definition) is 5. The van der Waals surface area contributed by atoms with E-state index in [1.807, 2.05) is 0 Å². The molecule has 0 spiro atoms. The summed E-state index contributed by atoms with van der Waals surface area (Å²) >= 11 is 0. The Bertz CT molecular complexity index is 227. The van der Waals surface area contributed by atoms with Crippen LogP contribution < -0.4 is 5.23 Å². The first-order chi connectivity index (χ1) is 7.39. The number of aliphatic hydroxyl groups excluding tert-OH is 1.